The number of para-hydroxylation sites is 3. The molecule has 174 valence electrons. The number of fused-ring (bicyclic) bond motifs is 6. The minimum atomic E-state index is 0.978. The first-order chi connectivity index (χ1) is 18.4. The van der Waals surface area contributed by atoms with E-state index in [0.29, 0.717) is 0 Å². The summed E-state index contributed by atoms with van der Waals surface area (Å²) in [5.74, 6) is 0. The van der Waals surface area contributed by atoms with E-state index in [4.69, 9.17) is 4.98 Å². The highest BCUT2D eigenvalue weighted by Crippen LogP contribution is 2.40. The van der Waals surface area contributed by atoms with Crippen LogP contribution >= 0.6 is 11.3 Å². The Morgan fingerprint density at radius 3 is 1.76 bits per heavy atom. The number of hydrogen-bond donors (Lipinski definition) is 0. The molecular weight excluding hydrogens is 470 g/mol. The Morgan fingerprint density at radius 1 is 0.486 bits per heavy atom. The highest BCUT2D eigenvalue weighted by atomic mass is 32.1. The third-order valence-corrected chi connectivity index (χ3v) is 8.26. The molecule has 5 aromatic carbocycles. The van der Waals surface area contributed by atoms with Gasteiger partial charge in [-0.05, 0) is 42.0 Å². The third kappa shape index (κ3) is 3.03. The van der Waals surface area contributed by atoms with Gasteiger partial charge in [-0.25, -0.2) is 4.98 Å². The Labute approximate surface area is 217 Å². The SMILES string of the molecule is c1ccc(-c2cnc(-n3c4ccccc4c4cc5c6ccccc6n(-c6ccccc6)c5cc43)s2)cc1. The van der Waals surface area contributed by atoms with Gasteiger partial charge < -0.3 is 4.57 Å². The zero-order chi connectivity index (χ0) is 24.3. The Kier molecular flexibility index (Phi) is 4.39. The van der Waals surface area contributed by atoms with Crippen molar-refractivity contribution in [3.63, 3.8) is 0 Å². The van der Waals surface area contributed by atoms with Crippen molar-refractivity contribution in [1.82, 2.24) is 14.1 Å². The minimum absolute atomic E-state index is 0.978. The largest absolute Gasteiger partial charge is 0.309 e. The van der Waals surface area contributed by atoms with E-state index in [9.17, 15) is 0 Å². The molecule has 0 spiro atoms. The van der Waals surface area contributed by atoms with Crippen LogP contribution in [-0.2, 0) is 0 Å². The average molecular weight is 492 g/mol. The maximum atomic E-state index is 4.91. The number of nitrogens with zero attached hydrogens (tertiary/aromatic N) is 3. The van der Waals surface area contributed by atoms with Crippen molar-refractivity contribution in [3.05, 3.63) is 128 Å². The molecule has 0 saturated carbocycles. The normalized spacial score (nSPS) is 11.8. The standard InChI is InChI=1S/C33H21N3S/c1-3-11-22(12-4-1)32-21-34-33(37-32)36-29-18-10-8-16-25(29)27-19-26-24-15-7-9-17-28(24)35(30(26)20-31(27)36)23-13-5-2-6-14-23/h1-21H. The lowest BCUT2D eigenvalue weighted by molar-refractivity contribution is 1.13. The van der Waals surface area contributed by atoms with E-state index in [-0.39, 0.29) is 0 Å². The summed E-state index contributed by atoms with van der Waals surface area (Å²) >= 11 is 1.73. The highest BCUT2D eigenvalue weighted by Gasteiger charge is 2.19. The van der Waals surface area contributed by atoms with Crippen LogP contribution in [0.3, 0.4) is 0 Å². The summed E-state index contributed by atoms with van der Waals surface area (Å²) < 4.78 is 4.71. The molecule has 8 aromatic rings. The Hall–Kier alpha value is -4.67. The molecule has 4 heteroatoms. The summed E-state index contributed by atoms with van der Waals surface area (Å²) in [6, 6.07) is 43.2. The van der Waals surface area contributed by atoms with Gasteiger partial charge in [0.15, 0.2) is 5.13 Å². The van der Waals surface area contributed by atoms with Crippen molar-refractivity contribution in [1.29, 1.82) is 0 Å². The molecule has 0 unspecified atom stereocenters. The van der Waals surface area contributed by atoms with Crippen LogP contribution in [0.1, 0.15) is 0 Å². The van der Waals surface area contributed by atoms with E-state index < -0.39 is 0 Å². The van der Waals surface area contributed by atoms with E-state index in [1.54, 1.807) is 11.3 Å². The number of benzene rings is 5. The van der Waals surface area contributed by atoms with Gasteiger partial charge in [-0.15, -0.1) is 0 Å². The molecule has 0 amide bonds. The molecule has 0 aliphatic carbocycles. The maximum absolute atomic E-state index is 4.91. The number of aromatic nitrogens is 3. The Morgan fingerprint density at radius 2 is 1.05 bits per heavy atom. The zero-order valence-electron chi connectivity index (χ0n) is 19.9. The lowest BCUT2D eigenvalue weighted by atomic mass is 10.1. The van der Waals surface area contributed by atoms with Crippen LogP contribution < -0.4 is 0 Å². The van der Waals surface area contributed by atoms with Gasteiger partial charge in [0, 0.05) is 33.4 Å². The molecule has 0 saturated heterocycles. The first kappa shape index (κ1) is 20.5. The van der Waals surface area contributed by atoms with Crippen molar-refractivity contribution in [3.8, 4) is 21.3 Å². The molecule has 3 heterocycles. The lowest BCUT2D eigenvalue weighted by Crippen LogP contribution is -1.95. The summed E-state index contributed by atoms with van der Waals surface area (Å²) in [5, 5.41) is 5.99. The van der Waals surface area contributed by atoms with Crippen molar-refractivity contribution in [2.75, 3.05) is 0 Å². The van der Waals surface area contributed by atoms with Crippen LogP contribution in [0.2, 0.25) is 0 Å². The van der Waals surface area contributed by atoms with Gasteiger partial charge in [0.2, 0.25) is 0 Å². The molecular formula is C33H21N3S. The van der Waals surface area contributed by atoms with E-state index in [1.807, 2.05) is 6.20 Å². The lowest BCUT2D eigenvalue weighted by Gasteiger charge is -2.08. The van der Waals surface area contributed by atoms with Crippen molar-refractivity contribution >= 4 is 54.9 Å². The van der Waals surface area contributed by atoms with Gasteiger partial charge in [-0.3, -0.25) is 4.57 Å². The van der Waals surface area contributed by atoms with Crippen LogP contribution in [0.25, 0.3) is 64.9 Å². The monoisotopic (exact) mass is 491 g/mol. The van der Waals surface area contributed by atoms with Crippen molar-refractivity contribution in [2.45, 2.75) is 0 Å². The number of hydrogen-bond acceptors (Lipinski definition) is 2. The molecule has 3 nitrogen and oxygen atoms in total. The van der Waals surface area contributed by atoms with Gasteiger partial charge >= 0.3 is 0 Å². The van der Waals surface area contributed by atoms with E-state index in [1.165, 1.54) is 54.1 Å². The zero-order valence-corrected chi connectivity index (χ0v) is 20.7. The summed E-state index contributed by atoms with van der Waals surface area (Å²) in [6.07, 6.45) is 2.00. The van der Waals surface area contributed by atoms with E-state index in [2.05, 4.69) is 130 Å². The van der Waals surface area contributed by atoms with E-state index in [0.717, 1.165) is 10.8 Å². The molecule has 0 aliphatic rings. The summed E-state index contributed by atoms with van der Waals surface area (Å²) in [4.78, 5) is 6.08. The second-order valence-corrected chi connectivity index (χ2v) is 10.3. The highest BCUT2D eigenvalue weighted by molar-refractivity contribution is 7.17. The molecule has 0 atom stereocenters. The van der Waals surface area contributed by atoms with Gasteiger partial charge in [-0.1, -0.05) is 96.3 Å². The third-order valence-electron chi connectivity index (χ3n) is 7.22. The Bertz CT molecular complexity index is 2080. The van der Waals surface area contributed by atoms with Crippen molar-refractivity contribution in [2.24, 2.45) is 0 Å². The van der Waals surface area contributed by atoms with Gasteiger partial charge in [0.25, 0.3) is 0 Å². The smallest absolute Gasteiger partial charge is 0.195 e. The fourth-order valence-corrected chi connectivity index (χ4v) is 6.55. The molecule has 37 heavy (non-hydrogen) atoms. The topological polar surface area (TPSA) is 22.8 Å². The quantitative estimate of drug-likeness (QED) is 0.242. The first-order valence-electron chi connectivity index (χ1n) is 12.4. The molecule has 0 fully saturated rings. The summed E-state index contributed by atoms with van der Waals surface area (Å²) in [5.41, 5.74) is 7.11. The van der Waals surface area contributed by atoms with Crippen LogP contribution in [0.4, 0.5) is 0 Å². The second kappa shape index (κ2) is 7.92. The van der Waals surface area contributed by atoms with Gasteiger partial charge in [0.05, 0.1) is 26.9 Å². The average Bonchev–Trinajstić information content (AvgIpc) is 3.65. The molecule has 0 N–H and O–H groups in total. The fraction of sp³-hybridized carbons (Fsp3) is 0. The predicted molar refractivity (Wildman–Crippen MR) is 156 cm³/mol. The van der Waals surface area contributed by atoms with Crippen LogP contribution in [0.5, 0.6) is 0 Å². The molecule has 0 radical (unpaired) electrons. The second-order valence-electron chi connectivity index (χ2n) is 9.30. The maximum Gasteiger partial charge on any atom is 0.195 e. The van der Waals surface area contributed by atoms with Gasteiger partial charge in [-0.2, -0.15) is 0 Å². The van der Waals surface area contributed by atoms with Crippen LogP contribution in [-0.4, -0.2) is 14.1 Å². The minimum Gasteiger partial charge on any atom is -0.309 e. The predicted octanol–water partition coefficient (Wildman–Crippen LogP) is 9.00. The van der Waals surface area contributed by atoms with Gasteiger partial charge in [0.1, 0.15) is 0 Å². The number of thiazole rings is 1. The number of rotatable bonds is 3. The molecule has 8 rings (SSSR count). The molecule has 0 aliphatic heterocycles. The summed E-state index contributed by atoms with van der Waals surface area (Å²) in [6.45, 7) is 0. The van der Waals surface area contributed by atoms with Crippen LogP contribution in [0.15, 0.2) is 128 Å². The molecule has 0 bridgehead atoms. The first-order valence-corrected chi connectivity index (χ1v) is 13.2. The molecule has 3 aromatic heterocycles. The van der Waals surface area contributed by atoms with Crippen molar-refractivity contribution < 1.29 is 0 Å². The Balaban J connectivity index is 1.49. The van der Waals surface area contributed by atoms with E-state index >= 15 is 0 Å². The summed E-state index contributed by atoms with van der Waals surface area (Å²) in [7, 11) is 0. The fourth-order valence-electron chi connectivity index (χ4n) is 5.60. The van der Waals surface area contributed by atoms with Crippen LogP contribution in [0, 0.1) is 0 Å².